The summed E-state index contributed by atoms with van der Waals surface area (Å²) in [7, 11) is 5.65. The summed E-state index contributed by atoms with van der Waals surface area (Å²) in [6.07, 6.45) is 4.84. The number of likely N-dealkylation sites (tertiary alicyclic amines) is 1. The summed E-state index contributed by atoms with van der Waals surface area (Å²) in [5, 5.41) is 4.25. The molecule has 3 amide bonds. The lowest BCUT2D eigenvalue weighted by Gasteiger charge is -2.25. The number of nitrogens with one attached hydrogen (secondary N) is 1. The summed E-state index contributed by atoms with van der Waals surface area (Å²) >= 11 is 7.76. The number of hydrogen-bond donors (Lipinski definition) is 1. The van der Waals surface area contributed by atoms with E-state index >= 15 is 0 Å². The van der Waals surface area contributed by atoms with Crippen LogP contribution in [0.5, 0.6) is 0 Å². The Bertz CT molecular complexity index is 994. The molecular weight excluding hydrogens is 434 g/mol. The first-order chi connectivity index (χ1) is 14.8. The molecular formula is C22H28ClN5O2S. The van der Waals surface area contributed by atoms with Crippen molar-refractivity contribution in [1.82, 2.24) is 14.8 Å². The third-order valence-electron chi connectivity index (χ3n) is 6.15. The van der Waals surface area contributed by atoms with Gasteiger partial charge in [-0.3, -0.25) is 15.0 Å². The van der Waals surface area contributed by atoms with Gasteiger partial charge in [0.15, 0.2) is 5.13 Å². The van der Waals surface area contributed by atoms with Crippen LogP contribution in [0.4, 0.5) is 15.6 Å². The van der Waals surface area contributed by atoms with Gasteiger partial charge < -0.3 is 9.80 Å². The molecule has 1 aromatic carbocycles. The number of carbonyl (C=O) groups excluding carboxylic acids is 2. The molecule has 1 N–H and O–H groups in total. The van der Waals surface area contributed by atoms with Gasteiger partial charge in [-0.15, -0.1) is 11.3 Å². The number of nitrogens with zero attached hydrogens (tertiary/aromatic N) is 4. The van der Waals surface area contributed by atoms with Gasteiger partial charge in [-0.2, -0.15) is 0 Å². The van der Waals surface area contributed by atoms with Crippen LogP contribution in [0.1, 0.15) is 29.7 Å². The maximum Gasteiger partial charge on any atom is 0.328 e. The monoisotopic (exact) mass is 461 g/mol. The van der Waals surface area contributed by atoms with Crippen LogP contribution in [0.2, 0.25) is 5.02 Å². The zero-order valence-corrected chi connectivity index (χ0v) is 19.7. The highest BCUT2D eigenvalue weighted by molar-refractivity contribution is 7.15. The van der Waals surface area contributed by atoms with Gasteiger partial charge in [-0.25, -0.2) is 9.78 Å². The number of hydrogen-bond acceptors (Lipinski definition) is 5. The lowest BCUT2D eigenvalue weighted by Crippen LogP contribution is -2.40. The van der Waals surface area contributed by atoms with Gasteiger partial charge in [0.05, 0.1) is 0 Å². The van der Waals surface area contributed by atoms with E-state index in [-0.39, 0.29) is 17.4 Å². The Morgan fingerprint density at radius 1 is 1.32 bits per heavy atom. The lowest BCUT2D eigenvalue weighted by molar-refractivity contribution is -0.128. The highest BCUT2D eigenvalue weighted by Gasteiger charge is 2.48. The molecule has 1 aromatic heterocycles. The average molecular weight is 462 g/mol. The second kappa shape index (κ2) is 8.76. The molecule has 2 aliphatic heterocycles. The summed E-state index contributed by atoms with van der Waals surface area (Å²) in [5.74, 6) is 0.123. The maximum absolute atomic E-state index is 13.2. The number of aryl methyl sites for hydroxylation is 1. The molecule has 1 fully saturated rings. The van der Waals surface area contributed by atoms with Gasteiger partial charge in [0.2, 0.25) is 5.91 Å². The molecule has 0 radical (unpaired) electrons. The second-order valence-electron chi connectivity index (χ2n) is 8.72. The minimum absolute atomic E-state index is 0.0701. The number of urea groups is 1. The number of likely N-dealkylation sites (N-methyl/N-ethyl adjacent to an activating group) is 1. The fraction of sp³-hybridized carbons (Fsp3) is 0.500. The van der Waals surface area contributed by atoms with E-state index in [0.717, 1.165) is 48.5 Å². The number of carbonyl (C=O) groups is 2. The molecule has 31 heavy (non-hydrogen) atoms. The SMILES string of the molecule is CN1CCC2(C1)CN(C(=O)Nc1ncc(CCCC(=O)N(C)C)s1)c1ccc(Cl)cc12. The zero-order chi connectivity index (χ0) is 22.2. The molecule has 166 valence electrons. The number of anilines is 2. The van der Waals surface area contributed by atoms with Crippen molar-refractivity contribution in [3.8, 4) is 0 Å². The Morgan fingerprint density at radius 2 is 2.13 bits per heavy atom. The predicted octanol–water partition coefficient (Wildman–Crippen LogP) is 3.83. The third-order valence-corrected chi connectivity index (χ3v) is 7.36. The van der Waals surface area contributed by atoms with Crippen LogP contribution in [-0.2, 0) is 16.6 Å². The molecule has 0 bridgehead atoms. The Labute approximate surface area is 192 Å². The van der Waals surface area contributed by atoms with E-state index in [1.54, 1.807) is 25.2 Å². The van der Waals surface area contributed by atoms with Gasteiger partial charge in [0.25, 0.3) is 0 Å². The fourth-order valence-corrected chi connectivity index (χ4v) is 5.54. The van der Waals surface area contributed by atoms with Crippen LogP contribution < -0.4 is 10.2 Å². The first-order valence-corrected chi connectivity index (χ1v) is 11.7. The summed E-state index contributed by atoms with van der Waals surface area (Å²) in [4.78, 5) is 36.0. The van der Waals surface area contributed by atoms with Crippen molar-refractivity contribution in [3.05, 3.63) is 39.9 Å². The maximum atomic E-state index is 13.2. The number of fused-ring (bicyclic) bond motifs is 2. The quantitative estimate of drug-likeness (QED) is 0.734. The second-order valence-corrected chi connectivity index (χ2v) is 10.3. The van der Waals surface area contributed by atoms with Crippen LogP contribution in [0.15, 0.2) is 24.4 Å². The molecule has 2 aromatic rings. The Kier molecular flexibility index (Phi) is 6.23. The molecule has 1 atom stereocenters. The number of benzene rings is 1. The molecule has 2 aliphatic rings. The van der Waals surface area contributed by atoms with Gasteiger partial charge in [0.1, 0.15) is 0 Å². The number of amides is 3. The van der Waals surface area contributed by atoms with Gasteiger partial charge >= 0.3 is 6.03 Å². The van der Waals surface area contributed by atoms with Crippen molar-refractivity contribution in [2.75, 3.05) is 51.0 Å². The first-order valence-electron chi connectivity index (χ1n) is 10.5. The molecule has 9 heteroatoms. The van der Waals surface area contributed by atoms with Gasteiger partial charge in [0, 0.05) is 60.8 Å². The normalized spacial score (nSPS) is 20.3. The Hall–Kier alpha value is -2.16. The van der Waals surface area contributed by atoms with Crippen LogP contribution in [-0.4, -0.2) is 67.5 Å². The zero-order valence-electron chi connectivity index (χ0n) is 18.2. The number of thiazole rings is 1. The molecule has 3 heterocycles. The fourth-order valence-electron chi connectivity index (χ4n) is 4.53. The average Bonchev–Trinajstić information content (AvgIpc) is 3.40. The van der Waals surface area contributed by atoms with Crippen molar-refractivity contribution in [2.45, 2.75) is 31.1 Å². The molecule has 7 nitrogen and oxygen atoms in total. The predicted molar refractivity (Wildman–Crippen MR) is 125 cm³/mol. The van der Waals surface area contributed by atoms with Crippen LogP contribution >= 0.6 is 22.9 Å². The van der Waals surface area contributed by atoms with E-state index in [9.17, 15) is 9.59 Å². The van der Waals surface area contributed by atoms with E-state index < -0.39 is 0 Å². The van der Waals surface area contributed by atoms with E-state index in [0.29, 0.717) is 23.1 Å². The Balaban J connectivity index is 1.43. The van der Waals surface area contributed by atoms with Crippen molar-refractivity contribution in [3.63, 3.8) is 0 Å². The first kappa shape index (κ1) is 22.0. The summed E-state index contributed by atoms with van der Waals surface area (Å²) in [5.41, 5.74) is 2.01. The van der Waals surface area contributed by atoms with Crippen molar-refractivity contribution >= 4 is 45.7 Å². The smallest absolute Gasteiger partial charge is 0.328 e. The minimum atomic E-state index is -0.168. The Morgan fingerprint density at radius 3 is 2.84 bits per heavy atom. The number of rotatable bonds is 5. The molecule has 1 saturated heterocycles. The van der Waals surface area contributed by atoms with Crippen LogP contribution in [0.3, 0.4) is 0 Å². The van der Waals surface area contributed by atoms with Gasteiger partial charge in [-0.05, 0) is 56.6 Å². The number of aromatic nitrogens is 1. The van der Waals surface area contributed by atoms with E-state index in [1.165, 1.54) is 11.3 Å². The summed E-state index contributed by atoms with van der Waals surface area (Å²) < 4.78 is 0. The van der Waals surface area contributed by atoms with Crippen LogP contribution in [0, 0.1) is 0 Å². The van der Waals surface area contributed by atoms with Crippen molar-refractivity contribution < 1.29 is 9.59 Å². The van der Waals surface area contributed by atoms with Crippen LogP contribution in [0.25, 0.3) is 0 Å². The van der Waals surface area contributed by atoms with Crippen molar-refractivity contribution in [1.29, 1.82) is 0 Å². The minimum Gasteiger partial charge on any atom is -0.349 e. The number of halogens is 1. The third kappa shape index (κ3) is 4.56. The molecule has 0 saturated carbocycles. The molecule has 1 spiro atoms. The van der Waals surface area contributed by atoms with E-state index in [1.807, 2.05) is 23.1 Å². The highest BCUT2D eigenvalue weighted by Crippen LogP contribution is 2.47. The summed E-state index contributed by atoms with van der Waals surface area (Å²) in [6, 6.07) is 5.63. The topological polar surface area (TPSA) is 68.8 Å². The lowest BCUT2D eigenvalue weighted by atomic mass is 9.81. The van der Waals surface area contributed by atoms with E-state index in [2.05, 4.69) is 22.2 Å². The molecule has 1 unspecified atom stereocenters. The summed E-state index contributed by atoms with van der Waals surface area (Å²) in [6.45, 7) is 2.56. The molecule has 4 rings (SSSR count). The van der Waals surface area contributed by atoms with Crippen molar-refractivity contribution in [2.24, 2.45) is 0 Å². The highest BCUT2D eigenvalue weighted by atomic mass is 35.5. The van der Waals surface area contributed by atoms with E-state index in [4.69, 9.17) is 11.6 Å². The standard InChI is InChI=1S/C22H28ClN5O2S/c1-26(2)19(29)6-4-5-16-12-24-20(31-16)25-21(30)28-14-22(9-10-27(3)13-22)17-11-15(23)7-8-18(17)28/h7-8,11-12H,4-6,9-10,13-14H2,1-3H3,(H,24,25,30). The molecule has 0 aliphatic carbocycles. The largest absolute Gasteiger partial charge is 0.349 e. The van der Waals surface area contributed by atoms with Gasteiger partial charge in [-0.1, -0.05) is 11.6 Å².